The monoisotopic (exact) mass is 403 g/mol. The maximum absolute atomic E-state index is 13.4. The van der Waals surface area contributed by atoms with Crippen molar-refractivity contribution < 1.29 is 19.8 Å². The molecule has 0 radical (unpaired) electrons. The first-order chi connectivity index (χ1) is 14.2. The summed E-state index contributed by atoms with van der Waals surface area (Å²) in [6.45, 7) is 4.43. The topological polar surface area (TPSA) is 87.0 Å². The Kier molecular flexibility index (Phi) is 5.06. The minimum absolute atomic E-state index is 0.119. The second kappa shape index (κ2) is 7.56. The molecule has 0 bridgehead atoms. The van der Waals surface area contributed by atoms with Crippen molar-refractivity contribution >= 4 is 23.0 Å². The van der Waals surface area contributed by atoms with Gasteiger partial charge in [-0.05, 0) is 53.5 Å². The van der Waals surface area contributed by atoms with Gasteiger partial charge in [0.05, 0.1) is 0 Å². The van der Waals surface area contributed by atoms with E-state index in [1.54, 1.807) is 12.1 Å². The Morgan fingerprint density at radius 1 is 1.07 bits per heavy atom. The normalized spacial score (nSPS) is 19.9. The number of hydrogen-bond acceptors (Lipinski definition) is 4. The number of carbonyl (C=O) groups excluding carboxylic acids is 1. The molecule has 0 heterocycles. The van der Waals surface area contributed by atoms with Crippen LogP contribution in [0.4, 0.5) is 0 Å². The van der Waals surface area contributed by atoms with Crippen LogP contribution >= 0.6 is 0 Å². The van der Waals surface area contributed by atoms with Crippen LogP contribution in [0.15, 0.2) is 59.1 Å². The maximum Gasteiger partial charge on any atom is 0.328 e. The number of carboxylic acid groups (broad SMARTS) is 1. The maximum atomic E-state index is 13.4. The molecule has 0 saturated carbocycles. The summed E-state index contributed by atoms with van der Waals surface area (Å²) in [6, 6.07) is 13.0. The van der Waals surface area contributed by atoms with Crippen molar-refractivity contribution in [3.05, 3.63) is 70.8 Å². The molecular weight excluding hydrogens is 378 g/mol. The molecule has 30 heavy (non-hydrogen) atoms. The zero-order valence-corrected chi connectivity index (χ0v) is 17.2. The number of carboxylic acids is 1. The molecule has 154 valence electrons. The Hall–Kier alpha value is -3.21. The first kappa shape index (κ1) is 20.1. The molecule has 0 amide bonds. The Balaban J connectivity index is 1.77. The van der Waals surface area contributed by atoms with Crippen LogP contribution in [0.3, 0.4) is 0 Å². The van der Waals surface area contributed by atoms with Gasteiger partial charge in [0.2, 0.25) is 5.78 Å². The molecule has 1 atom stereocenters. The minimum Gasteiger partial charge on any atom is -0.508 e. The first-order valence-corrected chi connectivity index (χ1v) is 10.2. The average Bonchev–Trinajstić information content (AvgIpc) is 2.71. The number of phenolic OH excluding ortho intramolecular Hbond substituents is 1. The summed E-state index contributed by atoms with van der Waals surface area (Å²) in [6.07, 6.45) is 2.58. The summed E-state index contributed by atoms with van der Waals surface area (Å²) in [5.41, 5.74) is 4.68. The predicted octanol–water partition coefficient (Wildman–Crippen LogP) is 4.42. The molecule has 0 aromatic heterocycles. The lowest BCUT2D eigenvalue weighted by Gasteiger charge is -2.36. The number of phenols is 1. The summed E-state index contributed by atoms with van der Waals surface area (Å²) < 4.78 is 0. The standard InChI is InChI=1S/C25H25NO4/c1-25(2)12-11-19-20(14-25)17-5-3-4-6-18(17)22(23(19)28)26-21(24(29)30)13-15-7-9-16(27)10-8-15/h3-10,21,27H,11-14H2,1-2H3,(H,29,30)/b26-22-/t21-/m0/s1. The number of rotatable bonds is 4. The largest absolute Gasteiger partial charge is 0.508 e. The number of benzene rings is 2. The van der Waals surface area contributed by atoms with Gasteiger partial charge in [0.25, 0.3) is 0 Å². The van der Waals surface area contributed by atoms with E-state index >= 15 is 0 Å². The number of hydrogen-bond donors (Lipinski definition) is 2. The number of aliphatic imine (C=N–C) groups is 1. The van der Waals surface area contributed by atoms with Crippen LogP contribution in [0.1, 0.15) is 49.8 Å². The molecule has 5 nitrogen and oxygen atoms in total. The number of allylic oxidation sites excluding steroid dienone is 2. The summed E-state index contributed by atoms with van der Waals surface area (Å²) in [7, 11) is 0. The number of ketones is 1. The minimum atomic E-state index is -1.08. The van der Waals surface area contributed by atoms with E-state index < -0.39 is 12.0 Å². The number of aromatic hydroxyl groups is 1. The summed E-state index contributed by atoms with van der Waals surface area (Å²) in [5.74, 6) is -1.10. The van der Waals surface area contributed by atoms with Crippen LogP contribution in [-0.2, 0) is 16.0 Å². The summed E-state index contributed by atoms with van der Waals surface area (Å²) in [5, 5.41) is 19.2. The number of nitrogens with zero attached hydrogens (tertiary/aromatic N) is 1. The van der Waals surface area contributed by atoms with Gasteiger partial charge in [-0.2, -0.15) is 0 Å². The molecule has 4 rings (SSSR count). The molecule has 2 aromatic carbocycles. The van der Waals surface area contributed by atoms with Gasteiger partial charge in [-0.3, -0.25) is 9.79 Å². The molecule has 2 aliphatic rings. The molecule has 0 aliphatic heterocycles. The smallest absolute Gasteiger partial charge is 0.328 e. The number of fused-ring (bicyclic) bond motifs is 2. The van der Waals surface area contributed by atoms with Gasteiger partial charge in [0.1, 0.15) is 11.5 Å². The third-order valence-corrected chi connectivity index (χ3v) is 6.00. The zero-order valence-electron chi connectivity index (χ0n) is 17.2. The second-order valence-electron chi connectivity index (χ2n) is 8.88. The highest BCUT2D eigenvalue weighted by Crippen LogP contribution is 2.46. The van der Waals surface area contributed by atoms with E-state index in [2.05, 4.69) is 18.8 Å². The Labute approximate surface area is 175 Å². The third-order valence-electron chi connectivity index (χ3n) is 6.00. The van der Waals surface area contributed by atoms with Gasteiger partial charge in [-0.15, -0.1) is 0 Å². The highest BCUT2D eigenvalue weighted by atomic mass is 16.4. The van der Waals surface area contributed by atoms with Gasteiger partial charge < -0.3 is 10.2 Å². The Bertz CT molecular complexity index is 1080. The van der Waals surface area contributed by atoms with Crippen molar-refractivity contribution in [3.63, 3.8) is 0 Å². The highest BCUT2D eigenvalue weighted by Gasteiger charge is 2.37. The van der Waals surface area contributed by atoms with Crippen molar-refractivity contribution in [2.24, 2.45) is 10.4 Å². The van der Waals surface area contributed by atoms with Crippen LogP contribution in [0.25, 0.3) is 5.57 Å². The van der Waals surface area contributed by atoms with E-state index in [0.717, 1.165) is 40.7 Å². The summed E-state index contributed by atoms with van der Waals surface area (Å²) >= 11 is 0. The molecule has 0 unspecified atom stereocenters. The quantitative estimate of drug-likeness (QED) is 0.791. The highest BCUT2D eigenvalue weighted by molar-refractivity contribution is 6.54. The first-order valence-electron chi connectivity index (χ1n) is 10.2. The van der Waals surface area contributed by atoms with E-state index in [4.69, 9.17) is 0 Å². The summed E-state index contributed by atoms with van der Waals surface area (Å²) in [4.78, 5) is 29.8. The molecule has 2 aromatic rings. The SMILES string of the molecule is CC1(C)CCC2=C(C1)c1ccccc1/C(=N/[C@@H](Cc1ccc(O)cc1)C(=O)O)C2=O. The van der Waals surface area contributed by atoms with E-state index in [1.165, 1.54) is 12.1 Å². The van der Waals surface area contributed by atoms with E-state index in [0.29, 0.717) is 6.42 Å². The predicted molar refractivity (Wildman–Crippen MR) is 116 cm³/mol. The fourth-order valence-corrected chi connectivity index (χ4v) is 4.34. The van der Waals surface area contributed by atoms with Crippen LogP contribution < -0.4 is 0 Å². The van der Waals surface area contributed by atoms with Crippen LogP contribution in [-0.4, -0.2) is 33.7 Å². The van der Waals surface area contributed by atoms with Crippen molar-refractivity contribution in [2.75, 3.05) is 0 Å². The van der Waals surface area contributed by atoms with Crippen molar-refractivity contribution in [2.45, 2.75) is 45.6 Å². The molecular formula is C25H25NO4. The van der Waals surface area contributed by atoms with Crippen molar-refractivity contribution in [1.82, 2.24) is 0 Å². The zero-order chi connectivity index (χ0) is 21.5. The fourth-order valence-electron chi connectivity index (χ4n) is 4.34. The Morgan fingerprint density at radius 3 is 2.40 bits per heavy atom. The molecule has 2 N–H and O–H groups in total. The lowest BCUT2D eigenvalue weighted by atomic mass is 9.68. The molecule has 2 aliphatic carbocycles. The lowest BCUT2D eigenvalue weighted by molar-refractivity contribution is -0.138. The van der Waals surface area contributed by atoms with Gasteiger partial charge >= 0.3 is 5.97 Å². The van der Waals surface area contributed by atoms with E-state index in [1.807, 2.05) is 24.3 Å². The van der Waals surface area contributed by atoms with Gasteiger partial charge in [0, 0.05) is 17.6 Å². The van der Waals surface area contributed by atoms with Crippen LogP contribution in [0.5, 0.6) is 5.75 Å². The number of aliphatic carboxylic acids is 1. The molecule has 0 saturated heterocycles. The van der Waals surface area contributed by atoms with Crippen molar-refractivity contribution in [3.8, 4) is 5.75 Å². The van der Waals surface area contributed by atoms with Crippen molar-refractivity contribution in [1.29, 1.82) is 0 Å². The van der Waals surface area contributed by atoms with Gasteiger partial charge in [-0.25, -0.2) is 4.79 Å². The van der Waals surface area contributed by atoms with Gasteiger partial charge in [0.15, 0.2) is 6.04 Å². The average molecular weight is 403 g/mol. The van der Waals surface area contributed by atoms with Crippen LogP contribution in [0, 0.1) is 5.41 Å². The molecule has 0 spiro atoms. The Morgan fingerprint density at radius 2 is 1.73 bits per heavy atom. The van der Waals surface area contributed by atoms with Gasteiger partial charge in [-0.1, -0.05) is 50.2 Å². The van der Waals surface area contributed by atoms with E-state index in [9.17, 15) is 19.8 Å². The molecule has 0 fully saturated rings. The molecule has 5 heteroatoms. The fraction of sp³-hybridized carbons (Fsp3) is 0.320. The number of Topliss-reactive ketones (excluding diaryl/α,β-unsaturated/α-hetero) is 1. The number of carbonyl (C=O) groups is 2. The second-order valence-corrected chi connectivity index (χ2v) is 8.88. The van der Waals surface area contributed by atoms with Crippen LogP contribution in [0.2, 0.25) is 0 Å². The third kappa shape index (κ3) is 3.80. The lowest BCUT2D eigenvalue weighted by Crippen LogP contribution is -2.32. The van der Waals surface area contributed by atoms with E-state index in [-0.39, 0.29) is 29.1 Å².